The van der Waals surface area contributed by atoms with Gasteiger partial charge in [-0.25, -0.2) is 9.18 Å². The summed E-state index contributed by atoms with van der Waals surface area (Å²) in [6, 6.07) is 14.8. The molecule has 9 heteroatoms. The Balaban J connectivity index is 1.36. The summed E-state index contributed by atoms with van der Waals surface area (Å²) >= 11 is 0. The predicted molar refractivity (Wildman–Crippen MR) is 123 cm³/mol. The zero-order valence-electron chi connectivity index (χ0n) is 18.2. The fraction of sp³-hybridized carbons (Fsp3) is 0.115. The van der Waals surface area contributed by atoms with Gasteiger partial charge in [-0.2, -0.15) is 0 Å². The van der Waals surface area contributed by atoms with Crippen LogP contribution in [0.5, 0.6) is 17.2 Å². The number of amides is 1. The number of carboxylic acid groups (broad SMARTS) is 1. The molecule has 0 bridgehead atoms. The van der Waals surface area contributed by atoms with Gasteiger partial charge < -0.3 is 25.0 Å². The molecule has 4 rings (SSSR count). The molecule has 35 heavy (non-hydrogen) atoms. The van der Waals surface area contributed by atoms with Gasteiger partial charge in [-0.15, -0.1) is 0 Å². The van der Waals surface area contributed by atoms with Crippen LogP contribution in [-0.2, 0) is 16.0 Å². The fourth-order valence-corrected chi connectivity index (χ4v) is 3.42. The maximum absolute atomic E-state index is 13.1. The number of fused-ring (bicyclic) bond motifs is 1. The number of ketones is 1. The lowest BCUT2D eigenvalue weighted by Gasteiger charge is -2.15. The number of phenolic OH excluding ortho intramolecular Hbond substituents is 1. The quantitative estimate of drug-likeness (QED) is 0.426. The standard InChI is InChI=1S/C26H20FNO7/c27-17-5-1-16(2-6-17)12-23-25(31)20-10-9-19(13-22(20)35-23)34-14-24(30)28-21(26(32)33)11-15-3-7-18(29)8-4-15/h1-10,12-13,21,29H,11,14H2,(H,28,30)(H,32,33). The van der Waals surface area contributed by atoms with Gasteiger partial charge in [-0.05, 0) is 53.6 Å². The largest absolute Gasteiger partial charge is 0.508 e. The zero-order chi connectivity index (χ0) is 24.9. The molecule has 0 aromatic heterocycles. The summed E-state index contributed by atoms with van der Waals surface area (Å²) in [6.07, 6.45) is 1.52. The van der Waals surface area contributed by atoms with Crippen LogP contribution in [0.1, 0.15) is 21.5 Å². The molecule has 0 saturated carbocycles. The summed E-state index contributed by atoms with van der Waals surface area (Å²) in [5.41, 5.74) is 1.53. The van der Waals surface area contributed by atoms with Crippen LogP contribution >= 0.6 is 0 Å². The van der Waals surface area contributed by atoms with Crippen molar-refractivity contribution in [1.29, 1.82) is 0 Å². The Bertz CT molecular complexity index is 1300. The Morgan fingerprint density at radius 1 is 1.06 bits per heavy atom. The predicted octanol–water partition coefficient (Wildman–Crippen LogP) is 3.34. The van der Waals surface area contributed by atoms with E-state index in [1.165, 1.54) is 60.7 Å². The minimum absolute atomic E-state index is 0.0271. The van der Waals surface area contributed by atoms with Crippen molar-refractivity contribution in [1.82, 2.24) is 5.32 Å². The first-order chi connectivity index (χ1) is 16.8. The number of allylic oxidation sites excluding steroid dienone is 1. The molecule has 0 aliphatic carbocycles. The minimum Gasteiger partial charge on any atom is -0.508 e. The molecule has 1 atom stereocenters. The maximum atomic E-state index is 13.1. The van der Waals surface area contributed by atoms with Crippen molar-refractivity contribution in [3.05, 3.63) is 95.0 Å². The van der Waals surface area contributed by atoms with E-state index >= 15 is 0 Å². The van der Waals surface area contributed by atoms with E-state index in [-0.39, 0.29) is 35.2 Å². The lowest BCUT2D eigenvalue weighted by molar-refractivity contribution is -0.142. The van der Waals surface area contributed by atoms with Gasteiger partial charge in [-0.1, -0.05) is 24.3 Å². The van der Waals surface area contributed by atoms with E-state index in [1.807, 2.05) is 0 Å². The lowest BCUT2D eigenvalue weighted by atomic mass is 10.1. The molecular formula is C26H20FNO7. The van der Waals surface area contributed by atoms with Gasteiger partial charge in [0.15, 0.2) is 12.4 Å². The Morgan fingerprint density at radius 2 is 1.77 bits per heavy atom. The van der Waals surface area contributed by atoms with Crippen LogP contribution < -0.4 is 14.8 Å². The van der Waals surface area contributed by atoms with E-state index in [1.54, 1.807) is 12.1 Å². The average Bonchev–Trinajstić information content (AvgIpc) is 3.14. The molecule has 1 unspecified atom stereocenters. The second-order valence-corrected chi connectivity index (χ2v) is 7.77. The Morgan fingerprint density at radius 3 is 2.46 bits per heavy atom. The van der Waals surface area contributed by atoms with Crippen LogP contribution in [0, 0.1) is 5.82 Å². The lowest BCUT2D eigenvalue weighted by Crippen LogP contribution is -2.44. The third-order valence-electron chi connectivity index (χ3n) is 5.19. The SMILES string of the molecule is O=C(COc1ccc2c(c1)OC(=Cc1ccc(F)cc1)C2=O)NC(Cc1ccc(O)cc1)C(=O)O. The van der Waals surface area contributed by atoms with E-state index < -0.39 is 30.3 Å². The van der Waals surface area contributed by atoms with Crippen LogP contribution in [0.4, 0.5) is 4.39 Å². The van der Waals surface area contributed by atoms with Crippen molar-refractivity contribution in [2.75, 3.05) is 6.61 Å². The summed E-state index contributed by atoms with van der Waals surface area (Å²) in [5.74, 6) is -1.97. The van der Waals surface area contributed by atoms with Crippen LogP contribution in [-0.4, -0.2) is 40.5 Å². The summed E-state index contributed by atoms with van der Waals surface area (Å²) in [7, 11) is 0. The summed E-state index contributed by atoms with van der Waals surface area (Å²) in [5, 5.41) is 21.2. The zero-order valence-corrected chi connectivity index (χ0v) is 18.2. The van der Waals surface area contributed by atoms with E-state index in [4.69, 9.17) is 9.47 Å². The number of aromatic hydroxyl groups is 1. The minimum atomic E-state index is -1.21. The number of carbonyl (C=O) groups is 3. The highest BCUT2D eigenvalue weighted by molar-refractivity contribution is 6.14. The average molecular weight is 477 g/mol. The third kappa shape index (κ3) is 5.83. The molecule has 3 aromatic rings. The molecule has 1 aliphatic rings. The van der Waals surface area contributed by atoms with Crippen LogP contribution in [0.15, 0.2) is 72.5 Å². The first kappa shape index (κ1) is 23.5. The molecule has 8 nitrogen and oxygen atoms in total. The van der Waals surface area contributed by atoms with Crippen molar-refractivity contribution in [2.24, 2.45) is 0 Å². The van der Waals surface area contributed by atoms with Crippen molar-refractivity contribution in [3.8, 4) is 17.2 Å². The smallest absolute Gasteiger partial charge is 0.326 e. The number of hydrogen-bond acceptors (Lipinski definition) is 6. The number of ether oxygens (including phenoxy) is 2. The van der Waals surface area contributed by atoms with Gasteiger partial charge in [0.05, 0.1) is 5.56 Å². The Kier molecular flexibility index (Phi) is 6.77. The van der Waals surface area contributed by atoms with Gasteiger partial charge in [0, 0.05) is 12.5 Å². The van der Waals surface area contributed by atoms with E-state index in [0.29, 0.717) is 16.7 Å². The second kappa shape index (κ2) is 10.1. The van der Waals surface area contributed by atoms with Gasteiger partial charge >= 0.3 is 5.97 Å². The summed E-state index contributed by atoms with van der Waals surface area (Å²) in [6.45, 7) is -0.454. The number of nitrogens with one attached hydrogen (secondary N) is 1. The van der Waals surface area contributed by atoms with Gasteiger partial charge in [-0.3, -0.25) is 9.59 Å². The molecule has 178 valence electrons. The molecule has 0 spiro atoms. The highest BCUT2D eigenvalue weighted by Gasteiger charge is 2.28. The number of benzene rings is 3. The maximum Gasteiger partial charge on any atom is 0.326 e. The van der Waals surface area contributed by atoms with Crippen molar-refractivity contribution >= 4 is 23.7 Å². The number of hydrogen-bond donors (Lipinski definition) is 3. The highest BCUT2D eigenvalue weighted by Crippen LogP contribution is 2.34. The first-order valence-electron chi connectivity index (χ1n) is 10.6. The summed E-state index contributed by atoms with van der Waals surface area (Å²) < 4.78 is 24.2. The summed E-state index contributed by atoms with van der Waals surface area (Å²) in [4.78, 5) is 36.4. The van der Waals surface area contributed by atoms with Crippen molar-refractivity contribution in [2.45, 2.75) is 12.5 Å². The van der Waals surface area contributed by atoms with Crippen LogP contribution in [0.2, 0.25) is 0 Å². The molecule has 3 aromatic carbocycles. The van der Waals surface area contributed by atoms with Crippen molar-refractivity contribution < 1.29 is 38.5 Å². The number of Topliss-reactive ketones (excluding diaryl/α,β-unsaturated/α-hetero) is 1. The molecule has 3 N–H and O–H groups in total. The Labute approximate surface area is 199 Å². The normalized spacial score (nSPS) is 14.2. The van der Waals surface area contributed by atoms with E-state index in [9.17, 15) is 29.0 Å². The van der Waals surface area contributed by atoms with Crippen molar-refractivity contribution in [3.63, 3.8) is 0 Å². The number of rotatable bonds is 8. The topological polar surface area (TPSA) is 122 Å². The molecule has 0 radical (unpaired) electrons. The first-order valence-corrected chi connectivity index (χ1v) is 10.6. The Hall–Kier alpha value is -4.66. The van der Waals surface area contributed by atoms with E-state index in [2.05, 4.69) is 5.32 Å². The van der Waals surface area contributed by atoms with E-state index in [0.717, 1.165) is 0 Å². The van der Waals surface area contributed by atoms with Gasteiger partial charge in [0.25, 0.3) is 5.91 Å². The number of carboxylic acids is 1. The molecule has 1 aliphatic heterocycles. The molecule has 1 heterocycles. The molecule has 0 saturated heterocycles. The molecule has 1 amide bonds. The third-order valence-corrected chi connectivity index (χ3v) is 5.19. The number of carbonyl (C=O) groups excluding carboxylic acids is 2. The number of phenols is 1. The highest BCUT2D eigenvalue weighted by atomic mass is 19.1. The number of halogens is 1. The van der Waals surface area contributed by atoms with Gasteiger partial charge in [0.1, 0.15) is 29.1 Å². The second-order valence-electron chi connectivity index (χ2n) is 7.77. The van der Waals surface area contributed by atoms with Gasteiger partial charge in [0.2, 0.25) is 5.78 Å². The molecule has 0 fully saturated rings. The van der Waals surface area contributed by atoms with Crippen LogP contribution in [0.3, 0.4) is 0 Å². The van der Waals surface area contributed by atoms with Crippen LogP contribution in [0.25, 0.3) is 6.08 Å². The fourth-order valence-electron chi connectivity index (χ4n) is 3.42. The monoisotopic (exact) mass is 477 g/mol. The number of aliphatic carboxylic acids is 1. The molecular weight excluding hydrogens is 457 g/mol.